The largest absolute Gasteiger partial charge is 0.377 e. The van der Waals surface area contributed by atoms with Crippen LogP contribution < -0.4 is 20.0 Å². The minimum Gasteiger partial charge on any atom is -0.377 e. The lowest BCUT2D eigenvalue weighted by atomic mass is 10.2. The van der Waals surface area contributed by atoms with E-state index >= 15 is 0 Å². The fourth-order valence-corrected chi connectivity index (χ4v) is 4.68. The Morgan fingerprint density at radius 2 is 1.89 bits per heavy atom. The van der Waals surface area contributed by atoms with E-state index in [2.05, 4.69) is 31.5 Å². The molecule has 184 valence electrons. The predicted octanol–water partition coefficient (Wildman–Crippen LogP) is 2.81. The summed E-state index contributed by atoms with van der Waals surface area (Å²) in [6, 6.07) is 16.8. The minimum atomic E-state index is -0.307. The molecule has 2 amide bonds. The number of rotatable bonds is 6. The number of para-hydroxylation sites is 1. The third-order valence-corrected chi connectivity index (χ3v) is 6.81. The second-order valence-electron chi connectivity index (χ2n) is 7.84. The fourth-order valence-electron chi connectivity index (χ4n) is 3.60. The monoisotopic (exact) mass is 569 g/mol. The van der Waals surface area contributed by atoms with Crippen molar-refractivity contribution in [2.24, 2.45) is 4.99 Å². The standard InChI is InChI=1S/C24H21BrN6O4S/c25-18-8-6-17(7-9-18)14-20-23(33)31(19-4-2-1-3-5-19)24(26-20)36-16-21(32)27-22-15-30(28-35-22)29-10-12-34-13-11-29/h1-9,14-15H,10-13,16H2/p+1/b20-14+. The van der Waals surface area contributed by atoms with Crippen LogP contribution in [-0.4, -0.2) is 54.3 Å². The van der Waals surface area contributed by atoms with Crippen molar-refractivity contribution in [1.82, 2.24) is 5.27 Å². The molecule has 0 aliphatic carbocycles. The summed E-state index contributed by atoms with van der Waals surface area (Å²) in [5.41, 5.74) is 1.82. The van der Waals surface area contributed by atoms with E-state index in [1.807, 2.05) is 59.6 Å². The molecule has 1 saturated heterocycles. The van der Waals surface area contributed by atoms with Crippen molar-refractivity contribution < 1.29 is 23.6 Å². The van der Waals surface area contributed by atoms with E-state index in [0.717, 1.165) is 10.0 Å². The highest BCUT2D eigenvalue weighted by Crippen LogP contribution is 2.29. The van der Waals surface area contributed by atoms with Crippen LogP contribution in [0, 0.1) is 0 Å². The van der Waals surface area contributed by atoms with E-state index in [1.54, 1.807) is 17.1 Å². The Kier molecular flexibility index (Phi) is 7.44. The van der Waals surface area contributed by atoms with Crippen LogP contribution in [0.2, 0.25) is 0 Å². The molecule has 0 radical (unpaired) electrons. The number of aromatic nitrogens is 2. The number of hydrogen-bond acceptors (Lipinski definition) is 8. The number of morpholine rings is 1. The average Bonchev–Trinajstić information content (AvgIpc) is 3.49. The maximum absolute atomic E-state index is 13.3. The number of amidine groups is 1. The van der Waals surface area contributed by atoms with Gasteiger partial charge < -0.3 is 4.74 Å². The molecule has 3 aromatic rings. The van der Waals surface area contributed by atoms with E-state index in [1.165, 1.54) is 16.7 Å². The second-order valence-corrected chi connectivity index (χ2v) is 9.70. The number of carbonyl (C=O) groups excluding carboxylic acids is 2. The van der Waals surface area contributed by atoms with Crippen LogP contribution in [-0.2, 0) is 14.3 Å². The molecule has 2 aromatic carbocycles. The lowest BCUT2D eigenvalue weighted by molar-refractivity contribution is -0.759. The number of benzene rings is 2. The van der Waals surface area contributed by atoms with E-state index < -0.39 is 0 Å². The Morgan fingerprint density at radius 3 is 2.64 bits per heavy atom. The van der Waals surface area contributed by atoms with Gasteiger partial charge in [0.2, 0.25) is 11.2 Å². The normalized spacial score (nSPS) is 17.0. The molecular formula is C24H22BrN6O4S+. The summed E-state index contributed by atoms with van der Waals surface area (Å²) in [7, 11) is 0. The topological polar surface area (TPSA) is 104 Å². The molecule has 5 rings (SSSR count). The van der Waals surface area contributed by atoms with Gasteiger partial charge in [-0.3, -0.25) is 24.3 Å². The lowest BCUT2D eigenvalue weighted by Crippen LogP contribution is -2.62. The number of nitrogens with one attached hydrogen (secondary N) is 1. The summed E-state index contributed by atoms with van der Waals surface area (Å²) >= 11 is 4.58. The van der Waals surface area contributed by atoms with E-state index in [9.17, 15) is 9.59 Å². The maximum Gasteiger partial charge on any atom is 0.305 e. The van der Waals surface area contributed by atoms with Gasteiger partial charge in [0, 0.05) is 4.47 Å². The number of amides is 2. The molecule has 0 atom stereocenters. The molecule has 1 fully saturated rings. The number of hydrogen-bond donors (Lipinski definition) is 1. The first-order chi connectivity index (χ1) is 17.6. The van der Waals surface area contributed by atoms with Gasteiger partial charge in [-0.15, -0.1) is 5.01 Å². The molecule has 1 aromatic heterocycles. The van der Waals surface area contributed by atoms with Gasteiger partial charge in [-0.05, 0) is 35.9 Å². The van der Waals surface area contributed by atoms with Crippen molar-refractivity contribution in [2.75, 3.05) is 47.3 Å². The molecular weight excluding hydrogens is 548 g/mol. The molecule has 0 unspecified atom stereocenters. The Balaban J connectivity index is 1.29. The molecule has 2 aliphatic heterocycles. The Hall–Kier alpha value is -3.48. The fraction of sp³-hybridized carbons (Fsp3) is 0.208. The van der Waals surface area contributed by atoms with Crippen LogP contribution in [0.3, 0.4) is 0 Å². The lowest BCUT2D eigenvalue weighted by Gasteiger charge is -2.18. The summed E-state index contributed by atoms with van der Waals surface area (Å²) in [5.74, 6) is -0.306. The zero-order chi connectivity index (χ0) is 24.9. The molecule has 0 spiro atoms. The molecule has 0 bridgehead atoms. The van der Waals surface area contributed by atoms with E-state index in [-0.39, 0.29) is 23.5 Å². The molecule has 10 nitrogen and oxygen atoms in total. The molecule has 0 saturated carbocycles. The number of carbonyl (C=O) groups is 2. The predicted molar refractivity (Wildman–Crippen MR) is 140 cm³/mol. The van der Waals surface area contributed by atoms with Crippen LogP contribution in [0.15, 0.2) is 80.5 Å². The van der Waals surface area contributed by atoms with Crippen molar-refractivity contribution in [1.29, 1.82) is 0 Å². The average molecular weight is 570 g/mol. The van der Waals surface area contributed by atoms with Crippen LogP contribution in [0.4, 0.5) is 11.6 Å². The van der Waals surface area contributed by atoms with Gasteiger partial charge in [0.15, 0.2) is 5.17 Å². The highest BCUT2D eigenvalue weighted by atomic mass is 79.9. The van der Waals surface area contributed by atoms with E-state index in [0.29, 0.717) is 42.9 Å². The highest BCUT2D eigenvalue weighted by Gasteiger charge is 2.32. The Morgan fingerprint density at radius 1 is 1.14 bits per heavy atom. The van der Waals surface area contributed by atoms with Gasteiger partial charge in [0.05, 0.1) is 42.5 Å². The summed E-state index contributed by atoms with van der Waals surface area (Å²) < 4.78 is 11.5. The zero-order valence-electron chi connectivity index (χ0n) is 19.0. The first-order valence-corrected chi connectivity index (χ1v) is 12.9. The van der Waals surface area contributed by atoms with Crippen molar-refractivity contribution in [2.45, 2.75) is 0 Å². The zero-order valence-corrected chi connectivity index (χ0v) is 21.4. The number of halogens is 1. The smallest absolute Gasteiger partial charge is 0.305 e. The minimum absolute atomic E-state index is 0.0270. The first kappa shape index (κ1) is 24.2. The van der Waals surface area contributed by atoms with Gasteiger partial charge in [0.25, 0.3) is 12.1 Å². The van der Waals surface area contributed by atoms with E-state index in [4.69, 9.17) is 9.26 Å². The van der Waals surface area contributed by atoms with Crippen LogP contribution in [0.5, 0.6) is 0 Å². The van der Waals surface area contributed by atoms with Crippen LogP contribution in [0.25, 0.3) is 6.08 Å². The Bertz CT molecular complexity index is 1310. The quantitative estimate of drug-likeness (QED) is 0.359. The van der Waals surface area contributed by atoms with Gasteiger partial charge in [-0.25, -0.2) is 4.99 Å². The SMILES string of the molecule is O=C(CSC1=N/C(=C/c2ccc(Br)cc2)C(=O)N1c1ccccc1)Nc1c[n+](N2CCOCC2)no1. The van der Waals surface area contributed by atoms with Gasteiger partial charge in [0.1, 0.15) is 5.70 Å². The number of thioether (sulfide) groups is 1. The Labute approximate surface area is 219 Å². The first-order valence-electron chi connectivity index (χ1n) is 11.2. The summed E-state index contributed by atoms with van der Waals surface area (Å²) in [5, 5.41) is 9.03. The number of aliphatic imine (C=N–C) groups is 1. The maximum atomic E-state index is 13.3. The molecule has 36 heavy (non-hydrogen) atoms. The van der Waals surface area contributed by atoms with Crippen molar-refractivity contribution >= 4 is 62.3 Å². The van der Waals surface area contributed by atoms with Gasteiger partial charge in [-0.1, -0.05) is 58.0 Å². The summed E-state index contributed by atoms with van der Waals surface area (Å²) in [4.78, 5) is 33.5. The molecule has 12 heteroatoms. The highest BCUT2D eigenvalue weighted by molar-refractivity contribution is 9.10. The van der Waals surface area contributed by atoms with Crippen molar-refractivity contribution in [3.8, 4) is 0 Å². The molecule has 2 aliphatic rings. The van der Waals surface area contributed by atoms with Gasteiger partial charge >= 0.3 is 5.88 Å². The van der Waals surface area contributed by atoms with Crippen molar-refractivity contribution in [3.63, 3.8) is 0 Å². The third-order valence-electron chi connectivity index (χ3n) is 5.35. The summed E-state index contributed by atoms with van der Waals surface area (Å²) in [6.45, 7) is 2.57. The second kappa shape index (κ2) is 11.1. The van der Waals surface area contributed by atoms with Gasteiger partial charge in [-0.2, -0.15) is 0 Å². The third kappa shape index (κ3) is 5.66. The molecule has 3 heterocycles. The number of anilines is 2. The number of ether oxygens (including phenoxy) is 1. The van der Waals surface area contributed by atoms with Crippen LogP contribution in [0.1, 0.15) is 5.56 Å². The van der Waals surface area contributed by atoms with Crippen LogP contribution >= 0.6 is 27.7 Å². The van der Waals surface area contributed by atoms with Crippen molar-refractivity contribution in [3.05, 3.63) is 76.5 Å². The summed E-state index contributed by atoms with van der Waals surface area (Å²) in [6.07, 6.45) is 3.34. The number of nitrogens with zero attached hydrogens (tertiary/aromatic N) is 5. The molecule has 1 N–H and O–H groups in total.